The second-order valence-electron chi connectivity index (χ2n) is 2.94. The molecule has 1 atom stereocenters. The van der Waals surface area contributed by atoms with Gasteiger partial charge < -0.3 is 10.4 Å². The second-order valence-corrected chi connectivity index (χ2v) is 2.94. The lowest BCUT2D eigenvalue weighted by Gasteiger charge is -2.12. The van der Waals surface area contributed by atoms with Crippen LogP contribution in [0.25, 0.3) is 5.57 Å². The van der Waals surface area contributed by atoms with Gasteiger partial charge in [0.15, 0.2) is 0 Å². The van der Waals surface area contributed by atoms with Crippen LogP contribution in [0.1, 0.15) is 5.56 Å². The minimum Gasteiger partial charge on any atom is -0.480 e. The first-order chi connectivity index (χ1) is 7.20. The largest absolute Gasteiger partial charge is 0.480 e. The maximum atomic E-state index is 10.8. The Labute approximate surface area is 87.2 Å². The van der Waals surface area contributed by atoms with Crippen LogP contribution in [0, 0.1) is 0 Å². The number of carbonyl (C=O) groups excluding carboxylic acids is 1. The van der Waals surface area contributed by atoms with Crippen molar-refractivity contribution in [3.8, 4) is 0 Å². The normalized spacial score (nSPS) is 11.5. The zero-order valence-corrected chi connectivity index (χ0v) is 8.23. The number of rotatable bonds is 4. The molecule has 0 aliphatic heterocycles. The Morgan fingerprint density at radius 3 is 2.40 bits per heavy atom. The van der Waals surface area contributed by atoms with Crippen molar-refractivity contribution >= 4 is 17.5 Å². The number of likely N-dealkylation sites (N-methyl/N-ethyl adjacent to an activating group) is 1. The van der Waals surface area contributed by atoms with E-state index in [1.165, 1.54) is 7.05 Å². The maximum absolute atomic E-state index is 10.8. The highest BCUT2D eigenvalue weighted by Gasteiger charge is 2.22. The lowest BCUT2D eigenvalue weighted by Crippen LogP contribution is -2.35. The van der Waals surface area contributed by atoms with E-state index in [2.05, 4.69) is 5.32 Å². The highest BCUT2D eigenvalue weighted by Crippen LogP contribution is 2.14. The van der Waals surface area contributed by atoms with Crippen LogP contribution >= 0.6 is 0 Å². The first kappa shape index (κ1) is 11.2. The SMILES string of the molecule is CN[C@H](C(=O)O)C(=C=O)c1ccccc1. The van der Waals surface area contributed by atoms with Crippen LogP contribution in [0.15, 0.2) is 30.3 Å². The van der Waals surface area contributed by atoms with E-state index >= 15 is 0 Å². The first-order valence-corrected chi connectivity index (χ1v) is 4.41. The monoisotopic (exact) mass is 205 g/mol. The van der Waals surface area contributed by atoms with E-state index in [1.807, 2.05) is 0 Å². The van der Waals surface area contributed by atoms with Gasteiger partial charge in [0.05, 0.1) is 5.57 Å². The van der Waals surface area contributed by atoms with Gasteiger partial charge in [-0.3, -0.25) is 4.79 Å². The molecule has 4 nitrogen and oxygen atoms in total. The Bertz CT molecular complexity index is 394. The van der Waals surface area contributed by atoms with Crippen LogP contribution < -0.4 is 5.32 Å². The molecular formula is C11H11NO3. The number of carboxylic acids is 1. The number of carboxylic acid groups (broad SMARTS) is 1. The number of hydrogen-bond donors (Lipinski definition) is 2. The molecule has 0 heterocycles. The zero-order chi connectivity index (χ0) is 11.3. The van der Waals surface area contributed by atoms with Crippen molar-refractivity contribution < 1.29 is 14.7 Å². The summed E-state index contributed by atoms with van der Waals surface area (Å²) in [5, 5.41) is 11.4. The van der Waals surface area contributed by atoms with Crippen LogP contribution in [-0.2, 0) is 9.59 Å². The third-order valence-electron chi connectivity index (χ3n) is 2.02. The fourth-order valence-electron chi connectivity index (χ4n) is 1.29. The van der Waals surface area contributed by atoms with Crippen molar-refractivity contribution in [3.63, 3.8) is 0 Å². The number of benzene rings is 1. The predicted molar refractivity (Wildman–Crippen MR) is 56.0 cm³/mol. The van der Waals surface area contributed by atoms with Crippen LogP contribution in [0.5, 0.6) is 0 Å². The number of nitrogens with one attached hydrogen (secondary N) is 1. The fraction of sp³-hybridized carbons (Fsp3) is 0.182. The van der Waals surface area contributed by atoms with E-state index in [0.29, 0.717) is 5.56 Å². The van der Waals surface area contributed by atoms with Gasteiger partial charge in [0.25, 0.3) is 0 Å². The minimum absolute atomic E-state index is 0.102. The minimum atomic E-state index is -1.10. The lowest BCUT2D eigenvalue weighted by molar-refractivity contribution is -0.137. The van der Waals surface area contributed by atoms with Crippen LogP contribution in [-0.4, -0.2) is 30.1 Å². The van der Waals surface area contributed by atoms with Gasteiger partial charge in [-0.2, -0.15) is 0 Å². The second kappa shape index (κ2) is 5.10. The highest BCUT2D eigenvalue weighted by molar-refractivity contribution is 6.01. The van der Waals surface area contributed by atoms with E-state index in [1.54, 1.807) is 36.3 Å². The van der Waals surface area contributed by atoms with Gasteiger partial charge in [-0.1, -0.05) is 30.3 Å². The van der Waals surface area contributed by atoms with Crippen molar-refractivity contribution in [1.82, 2.24) is 5.32 Å². The van der Waals surface area contributed by atoms with Gasteiger partial charge in [0.2, 0.25) is 0 Å². The Kier molecular flexibility index (Phi) is 3.80. The average Bonchev–Trinajstić information content (AvgIpc) is 2.26. The summed E-state index contributed by atoms with van der Waals surface area (Å²) < 4.78 is 0. The molecule has 0 aromatic heterocycles. The number of carbonyl (C=O) groups is 1. The molecule has 0 bridgehead atoms. The smallest absolute Gasteiger partial charge is 0.326 e. The molecule has 78 valence electrons. The molecule has 0 aliphatic carbocycles. The van der Waals surface area contributed by atoms with Gasteiger partial charge in [-0.25, -0.2) is 4.79 Å². The molecular weight excluding hydrogens is 194 g/mol. The zero-order valence-electron chi connectivity index (χ0n) is 8.23. The van der Waals surface area contributed by atoms with Crippen molar-refractivity contribution in [1.29, 1.82) is 0 Å². The Morgan fingerprint density at radius 1 is 1.40 bits per heavy atom. The Morgan fingerprint density at radius 2 is 2.00 bits per heavy atom. The molecule has 0 amide bonds. The van der Waals surface area contributed by atoms with Gasteiger partial charge in [0, 0.05) is 0 Å². The average molecular weight is 205 g/mol. The quantitative estimate of drug-likeness (QED) is 0.705. The van der Waals surface area contributed by atoms with Crippen LogP contribution in [0.4, 0.5) is 0 Å². The molecule has 1 aromatic carbocycles. The lowest BCUT2D eigenvalue weighted by atomic mass is 10.0. The Hall–Kier alpha value is -1.90. The number of hydrogen-bond acceptors (Lipinski definition) is 3. The maximum Gasteiger partial charge on any atom is 0.326 e. The molecule has 2 N–H and O–H groups in total. The molecule has 0 radical (unpaired) electrons. The molecule has 1 aromatic rings. The Balaban J connectivity index is 3.10. The summed E-state index contributed by atoms with van der Waals surface area (Å²) in [5.74, 6) is 0.577. The third-order valence-corrected chi connectivity index (χ3v) is 2.02. The summed E-state index contributed by atoms with van der Waals surface area (Å²) in [6.07, 6.45) is 0. The summed E-state index contributed by atoms with van der Waals surface area (Å²) in [6, 6.07) is 7.59. The van der Waals surface area contributed by atoms with Gasteiger partial charge >= 0.3 is 5.97 Å². The molecule has 0 aliphatic rings. The summed E-state index contributed by atoms with van der Waals surface area (Å²) in [5.41, 5.74) is 0.667. The van der Waals surface area contributed by atoms with E-state index < -0.39 is 12.0 Å². The summed E-state index contributed by atoms with van der Waals surface area (Å²) >= 11 is 0. The molecule has 0 fully saturated rings. The molecule has 0 unspecified atom stereocenters. The summed E-state index contributed by atoms with van der Waals surface area (Å²) in [4.78, 5) is 21.6. The van der Waals surface area contributed by atoms with Crippen molar-refractivity contribution in [2.75, 3.05) is 7.05 Å². The van der Waals surface area contributed by atoms with Crippen LogP contribution in [0.3, 0.4) is 0 Å². The first-order valence-electron chi connectivity index (χ1n) is 4.41. The molecule has 0 spiro atoms. The number of aliphatic carboxylic acids is 1. The predicted octanol–water partition coefficient (Wildman–Crippen LogP) is 0.574. The van der Waals surface area contributed by atoms with E-state index in [4.69, 9.17) is 5.11 Å². The third kappa shape index (κ3) is 2.53. The molecule has 0 saturated heterocycles. The molecule has 1 rings (SSSR count). The van der Waals surface area contributed by atoms with Gasteiger partial charge in [0.1, 0.15) is 12.0 Å². The van der Waals surface area contributed by atoms with E-state index in [0.717, 1.165) is 0 Å². The van der Waals surface area contributed by atoms with Crippen LogP contribution in [0.2, 0.25) is 0 Å². The molecule has 15 heavy (non-hydrogen) atoms. The van der Waals surface area contributed by atoms with Crippen molar-refractivity contribution in [2.45, 2.75) is 6.04 Å². The summed E-state index contributed by atoms with van der Waals surface area (Å²) in [6.45, 7) is 0. The van der Waals surface area contributed by atoms with E-state index in [-0.39, 0.29) is 5.57 Å². The standard InChI is InChI=1S/C11H11NO3/c1-12-10(11(14)15)9(7-13)8-5-3-2-4-6-8/h2-6,10,12H,1H3,(H,14,15)/t10-/m0/s1. The van der Waals surface area contributed by atoms with Gasteiger partial charge in [-0.15, -0.1) is 0 Å². The topological polar surface area (TPSA) is 66.4 Å². The molecule has 0 saturated carbocycles. The van der Waals surface area contributed by atoms with Crippen molar-refractivity contribution in [3.05, 3.63) is 35.9 Å². The fourth-order valence-corrected chi connectivity index (χ4v) is 1.29. The van der Waals surface area contributed by atoms with Gasteiger partial charge in [-0.05, 0) is 12.6 Å². The molecule has 4 heteroatoms. The summed E-state index contributed by atoms with van der Waals surface area (Å²) in [7, 11) is 1.49. The van der Waals surface area contributed by atoms with Crippen molar-refractivity contribution in [2.24, 2.45) is 0 Å². The highest BCUT2D eigenvalue weighted by atomic mass is 16.4. The van der Waals surface area contributed by atoms with E-state index in [9.17, 15) is 9.59 Å².